The maximum Gasteiger partial charge on any atom is 0.271 e. The number of rotatable bonds is 4. The van der Waals surface area contributed by atoms with Crippen molar-refractivity contribution in [1.82, 2.24) is 0 Å². The Morgan fingerprint density at radius 2 is 2.00 bits per heavy atom. The van der Waals surface area contributed by atoms with Crippen molar-refractivity contribution in [3.63, 3.8) is 0 Å². The third-order valence-corrected chi connectivity index (χ3v) is 4.84. The van der Waals surface area contributed by atoms with Crippen LogP contribution >= 0.6 is 22.9 Å². The van der Waals surface area contributed by atoms with Gasteiger partial charge in [0.15, 0.2) is 0 Å². The van der Waals surface area contributed by atoms with Gasteiger partial charge < -0.3 is 5.32 Å². The van der Waals surface area contributed by atoms with Crippen LogP contribution in [0.5, 0.6) is 0 Å². The van der Waals surface area contributed by atoms with E-state index >= 15 is 0 Å². The van der Waals surface area contributed by atoms with E-state index in [1.54, 1.807) is 17.4 Å². The highest BCUT2D eigenvalue weighted by molar-refractivity contribution is 7.12. The van der Waals surface area contributed by atoms with Gasteiger partial charge in [-0.2, -0.15) is 0 Å². The van der Waals surface area contributed by atoms with Crippen LogP contribution in [0, 0.1) is 10.1 Å². The molecular weight excluding hydrogens is 308 g/mol. The summed E-state index contributed by atoms with van der Waals surface area (Å²) in [4.78, 5) is 12.7. The fourth-order valence-corrected chi connectivity index (χ4v) is 3.07. The Morgan fingerprint density at radius 1 is 1.29 bits per heavy atom. The highest BCUT2D eigenvalue weighted by atomic mass is 35.5. The van der Waals surface area contributed by atoms with Gasteiger partial charge in [-0.15, -0.1) is 11.3 Å². The maximum absolute atomic E-state index is 10.7. The first-order valence-corrected chi connectivity index (χ1v) is 7.74. The van der Waals surface area contributed by atoms with E-state index in [9.17, 15) is 10.1 Å². The van der Waals surface area contributed by atoms with Gasteiger partial charge >= 0.3 is 0 Å². The smallest absolute Gasteiger partial charge is 0.271 e. The first kappa shape index (κ1) is 15.8. The van der Waals surface area contributed by atoms with Crippen LogP contribution in [0.25, 0.3) is 0 Å². The fraction of sp³-hybridized carbons (Fsp3) is 0.333. The summed E-state index contributed by atoms with van der Waals surface area (Å²) in [5.74, 6) is 0. The van der Waals surface area contributed by atoms with E-state index in [1.807, 2.05) is 0 Å². The first-order chi connectivity index (χ1) is 9.77. The minimum absolute atomic E-state index is 0.00306. The molecule has 0 radical (unpaired) electrons. The summed E-state index contributed by atoms with van der Waals surface area (Å²) in [5, 5.41) is 14.2. The second-order valence-electron chi connectivity index (χ2n) is 5.79. The normalized spacial score (nSPS) is 11.4. The predicted octanol–water partition coefficient (Wildman–Crippen LogP) is 5.22. The molecule has 0 fully saturated rings. The number of nitro groups is 1. The Hall–Kier alpha value is -1.59. The van der Waals surface area contributed by atoms with Crippen LogP contribution in [0.1, 0.15) is 30.5 Å². The summed E-state index contributed by atoms with van der Waals surface area (Å²) < 4.78 is 0. The van der Waals surface area contributed by atoms with Gasteiger partial charge in [-0.05, 0) is 23.6 Å². The van der Waals surface area contributed by atoms with Crippen LogP contribution in [0.15, 0.2) is 30.3 Å². The minimum Gasteiger partial charge on any atom is -0.379 e. The summed E-state index contributed by atoms with van der Waals surface area (Å²) in [6.07, 6.45) is 0. The second kappa shape index (κ2) is 6.03. The summed E-state index contributed by atoms with van der Waals surface area (Å²) >= 11 is 7.81. The van der Waals surface area contributed by atoms with Crippen molar-refractivity contribution in [2.45, 2.75) is 32.7 Å². The molecule has 4 nitrogen and oxygen atoms in total. The molecule has 0 aliphatic rings. The molecule has 0 bridgehead atoms. The van der Waals surface area contributed by atoms with Crippen molar-refractivity contribution in [1.29, 1.82) is 0 Å². The molecule has 0 amide bonds. The number of hydrogen-bond donors (Lipinski definition) is 1. The monoisotopic (exact) mass is 324 g/mol. The van der Waals surface area contributed by atoms with E-state index in [0.29, 0.717) is 17.3 Å². The summed E-state index contributed by atoms with van der Waals surface area (Å²) in [6.45, 7) is 7.20. The third kappa shape index (κ3) is 3.95. The lowest BCUT2D eigenvalue weighted by Gasteiger charge is -2.15. The molecule has 1 heterocycles. The molecule has 0 unspecified atom stereocenters. The van der Waals surface area contributed by atoms with Crippen molar-refractivity contribution in [2.75, 3.05) is 5.32 Å². The Morgan fingerprint density at radius 3 is 2.52 bits per heavy atom. The average Bonchev–Trinajstić information content (AvgIpc) is 2.85. The lowest BCUT2D eigenvalue weighted by molar-refractivity contribution is -0.384. The lowest BCUT2D eigenvalue weighted by Crippen LogP contribution is -2.07. The van der Waals surface area contributed by atoms with Crippen molar-refractivity contribution in [3.05, 3.63) is 55.2 Å². The number of non-ortho nitro benzene ring substituents is 1. The number of nitrogens with one attached hydrogen (secondary N) is 1. The third-order valence-electron chi connectivity index (χ3n) is 3.02. The lowest BCUT2D eigenvalue weighted by atomic mass is 9.95. The standard InChI is InChI=1S/C15H17ClN2O2S/c1-15(2,3)14-7-5-11(21-14)9-17-13-6-4-10(18(19)20)8-12(13)16/h4-8,17H,9H2,1-3H3. The molecule has 0 aliphatic carbocycles. The van der Waals surface area contributed by atoms with Gasteiger partial charge in [0.05, 0.1) is 15.6 Å². The molecule has 6 heteroatoms. The Kier molecular flexibility index (Phi) is 4.54. The summed E-state index contributed by atoms with van der Waals surface area (Å²) in [7, 11) is 0. The number of hydrogen-bond acceptors (Lipinski definition) is 4. The average molecular weight is 325 g/mol. The van der Waals surface area contributed by atoms with E-state index in [2.05, 4.69) is 38.2 Å². The molecule has 2 rings (SSSR count). The Labute approximate surface area is 132 Å². The van der Waals surface area contributed by atoms with Gasteiger partial charge in [-0.3, -0.25) is 10.1 Å². The highest BCUT2D eigenvalue weighted by Gasteiger charge is 2.16. The van der Waals surface area contributed by atoms with Gasteiger partial charge in [0.25, 0.3) is 5.69 Å². The Bertz CT molecular complexity index is 662. The minimum atomic E-state index is -0.454. The number of anilines is 1. The van der Waals surface area contributed by atoms with Crippen molar-refractivity contribution in [3.8, 4) is 0 Å². The van der Waals surface area contributed by atoms with Crippen LogP contribution in [0.2, 0.25) is 5.02 Å². The summed E-state index contributed by atoms with van der Waals surface area (Å²) in [6, 6.07) is 8.68. The molecule has 0 aliphatic heterocycles. The van der Waals surface area contributed by atoms with E-state index in [4.69, 9.17) is 11.6 Å². The molecule has 1 aromatic carbocycles. The number of benzene rings is 1. The first-order valence-electron chi connectivity index (χ1n) is 6.54. The maximum atomic E-state index is 10.7. The number of nitrogens with zero attached hydrogens (tertiary/aromatic N) is 1. The molecule has 1 aromatic heterocycles. The molecule has 1 N–H and O–H groups in total. The van der Waals surface area contributed by atoms with Crippen LogP contribution in [-0.4, -0.2) is 4.92 Å². The molecular formula is C15H17ClN2O2S. The number of nitro benzene ring substituents is 1. The highest BCUT2D eigenvalue weighted by Crippen LogP contribution is 2.31. The van der Waals surface area contributed by atoms with Gasteiger partial charge in [0, 0.05) is 28.4 Å². The topological polar surface area (TPSA) is 55.2 Å². The van der Waals surface area contributed by atoms with E-state index < -0.39 is 4.92 Å². The molecule has 0 atom stereocenters. The van der Waals surface area contributed by atoms with Gasteiger partial charge in [-0.25, -0.2) is 0 Å². The SMILES string of the molecule is CC(C)(C)c1ccc(CNc2ccc([N+](=O)[O-])cc2Cl)s1. The van der Waals surface area contributed by atoms with Crippen LogP contribution in [0.3, 0.4) is 0 Å². The molecule has 0 saturated heterocycles. The molecule has 0 spiro atoms. The summed E-state index contributed by atoms with van der Waals surface area (Å²) in [5.41, 5.74) is 0.846. The largest absolute Gasteiger partial charge is 0.379 e. The van der Waals surface area contributed by atoms with Crippen LogP contribution in [-0.2, 0) is 12.0 Å². The zero-order chi connectivity index (χ0) is 15.6. The van der Waals surface area contributed by atoms with Gasteiger partial charge in [0.2, 0.25) is 0 Å². The molecule has 0 saturated carbocycles. The molecule has 112 valence electrons. The number of halogens is 1. The van der Waals surface area contributed by atoms with Crippen molar-refractivity contribution < 1.29 is 4.92 Å². The van der Waals surface area contributed by atoms with Gasteiger partial charge in [-0.1, -0.05) is 32.4 Å². The Balaban J connectivity index is 2.06. The molecule has 21 heavy (non-hydrogen) atoms. The number of thiophene rings is 1. The zero-order valence-corrected chi connectivity index (χ0v) is 13.7. The quantitative estimate of drug-likeness (QED) is 0.619. The molecule has 2 aromatic rings. The predicted molar refractivity (Wildman–Crippen MR) is 88.5 cm³/mol. The van der Waals surface area contributed by atoms with Crippen molar-refractivity contribution in [2.24, 2.45) is 0 Å². The van der Waals surface area contributed by atoms with Crippen LogP contribution < -0.4 is 5.32 Å². The van der Waals surface area contributed by atoms with Crippen molar-refractivity contribution >= 4 is 34.3 Å². The van der Waals surface area contributed by atoms with Gasteiger partial charge in [0.1, 0.15) is 0 Å². The zero-order valence-electron chi connectivity index (χ0n) is 12.1. The van der Waals surface area contributed by atoms with E-state index in [-0.39, 0.29) is 11.1 Å². The second-order valence-corrected chi connectivity index (χ2v) is 7.37. The fourth-order valence-electron chi connectivity index (χ4n) is 1.82. The van der Waals surface area contributed by atoms with Crippen LogP contribution in [0.4, 0.5) is 11.4 Å². The van der Waals surface area contributed by atoms with E-state index in [0.717, 1.165) is 0 Å². The van der Waals surface area contributed by atoms with E-state index in [1.165, 1.54) is 21.9 Å².